The van der Waals surface area contributed by atoms with Crippen LogP contribution in [-0.2, 0) is 0 Å². The van der Waals surface area contributed by atoms with Gasteiger partial charge in [0.25, 0.3) is 0 Å². The Morgan fingerprint density at radius 1 is 1.23 bits per heavy atom. The molecule has 0 rings (SSSR count). The molecule has 74 valence electrons. The van der Waals surface area contributed by atoms with Gasteiger partial charge in [-0.25, -0.2) is 0 Å². The number of allylic oxidation sites excluding steroid dienone is 4. The predicted molar refractivity (Wildman–Crippen MR) is 66.8 cm³/mol. The van der Waals surface area contributed by atoms with Gasteiger partial charge in [0.2, 0.25) is 0 Å². The van der Waals surface area contributed by atoms with Crippen LogP contribution in [0.4, 0.5) is 0 Å². The van der Waals surface area contributed by atoms with Crippen LogP contribution in [0.15, 0.2) is 47.8 Å². The number of thioether (sulfide) groups is 1. The van der Waals surface area contributed by atoms with E-state index in [0.717, 1.165) is 6.42 Å². The van der Waals surface area contributed by atoms with Gasteiger partial charge in [-0.15, -0.1) is 18.3 Å². The highest BCUT2D eigenvalue weighted by Crippen LogP contribution is 2.24. The molecule has 0 aliphatic rings. The number of hydrogen-bond donors (Lipinski definition) is 0. The lowest BCUT2D eigenvalue weighted by atomic mass is 10.2. The minimum absolute atomic E-state index is 0.897. The minimum Gasteiger partial charge on any atom is -0.103 e. The lowest BCUT2D eigenvalue weighted by Crippen LogP contribution is -1.77. The van der Waals surface area contributed by atoms with Crippen LogP contribution >= 0.6 is 11.8 Å². The summed E-state index contributed by atoms with van der Waals surface area (Å²) in [6, 6.07) is 0. The molecule has 0 spiro atoms. The number of hydrogen-bond acceptors (Lipinski definition) is 1. The molecule has 13 heavy (non-hydrogen) atoms. The molecule has 0 aliphatic heterocycles. The summed E-state index contributed by atoms with van der Waals surface area (Å²) in [6.45, 7) is 17.1. The monoisotopic (exact) mass is 196 g/mol. The standard InChI is InChI=1S/C10H14S.C2H6/c1-5-8-10(11-7-3)9(4)6-2;1-2/h5-7H,1-3,8H2,4H3;1-2H3/b10-9+;. The number of rotatable bonds is 5. The van der Waals surface area contributed by atoms with Crippen molar-refractivity contribution in [1.82, 2.24) is 0 Å². The van der Waals surface area contributed by atoms with Gasteiger partial charge in [-0.3, -0.25) is 0 Å². The van der Waals surface area contributed by atoms with Gasteiger partial charge in [-0.1, -0.05) is 39.2 Å². The Morgan fingerprint density at radius 2 is 1.77 bits per heavy atom. The van der Waals surface area contributed by atoms with Crippen molar-refractivity contribution in [3.8, 4) is 0 Å². The van der Waals surface area contributed by atoms with E-state index in [-0.39, 0.29) is 0 Å². The van der Waals surface area contributed by atoms with Crippen LogP contribution in [-0.4, -0.2) is 0 Å². The highest BCUT2D eigenvalue weighted by Gasteiger charge is 1.95. The average molecular weight is 196 g/mol. The molecular formula is C12H20S. The van der Waals surface area contributed by atoms with Crippen LogP contribution in [0, 0.1) is 0 Å². The zero-order valence-corrected chi connectivity index (χ0v) is 9.79. The van der Waals surface area contributed by atoms with E-state index in [1.807, 2.05) is 38.3 Å². The molecule has 0 saturated heterocycles. The quantitative estimate of drug-likeness (QED) is 0.444. The van der Waals surface area contributed by atoms with Gasteiger partial charge < -0.3 is 0 Å². The van der Waals surface area contributed by atoms with Crippen LogP contribution in [0.1, 0.15) is 27.2 Å². The summed E-state index contributed by atoms with van der Waals surface area (Å²) in [5.41, 5.74) is 1.20. The van der Waals surface area contributed by atoms with E-state index in [9.17, 15) is 0 Å². The fraction of sp³-hybridized carbons (Fsp3) is 0.333. The third kappa shape index (κ3) is 7.66. The maximum atomic E-state index is 3.71. The van der Waals surface area contributed by atoms with Gasteiger partial charge in [-0.05, 0) is 29.2 Å². The Balaban J connectivity index is 0. The first kappa shape index (κ1) is 14.8. The molecule has 0 atom stereocenters. The summed E-state index contributed by atoms with van der Waals surface area (Å²) in [5.74, 6) is 0. The van der Waals surface area contributed by atoms with Gasteiger partial charge in [0.15, 0.2) is 0 Å². The van der Waals surface area contributed by atoms with Crippen molar-refractivity contribution in [3.63, 3.8) is 0 Å². The van der Waals surface area contributed by atoms with Gasteiger partial charge in [-0.2, -0.15) is 0 Å². The molecule has 0 bridgehead atoms. The second-order valence-electron chi connectivity index (χ2n) is 2.09. The van der Waals surface area contributed by atoms with Crippen LogP contribution in [0.5, 0.6) is 0 Å². The lowest BCUT2D eigenvalue weighted by molar-refractivity contribution is 1.31. The Morgan fingerprint density at radius 3 is 2.08 bits per heavy atom. The van der Waals surface area contributed by atoms with E-state index < -0.39 is 0 Å². The maximum absolute atomic E-state index is 3.71. The summed E-state index contributed by atoms with van der Waals surface area (Å²) in [6.07, 6.45) is 4.64. The van der Waals surface area contributed by atoms with Gasteiger partial charge in [0.05, 0.1) is 0 Å². The minimum atomic E-state index is 0.897. The van der Waals surface area contributed by atoms with Gasteiger partial charge >= 0.3 is 0 Å². The van der Waals surface area contributed by atoms with Crippen LogP contribution < -0.4 is 0 Å². The Hall–Kier alpha value is -0.690. The van der Waals surface area contributed by atoms with Crippen molar-refractivity contribution >= 4 is 11.8 Å². The lowest BCUT2D eigenvalue weighted by Gasteiger charge is -2.02. The largest absolute Gasteiger partial charge is 0.103 e. The highest BCUT2D eigenvalue weighted by molar-refractivity contribution is 8.05. The molecule has 0 saturated carbocycles. The molecule has 0 N–H and O–H groups in total. The second kappa shape index (κ2) is 11.3. The van der Waals surface area contributed by atoms with Crippen molar-refractivity contribution in [1.29, 1.82) is 0 Å². The molecule has 0 unspecified atom stereocenters. The summed E-state index contributed by atoms with van der Waals surface area (Å²) >= 11 is 1.63. The predicted octanol–water partition coefficient (Wildman–Crippen LogP) is 4.93. The molecule has 0 aromatic rings. The summed E-state index contributed by atoms with van der Waals surface area (Å²) < 4.78 is 0. The van der Waals surface area contributed by atoms with Crippen molar-refractivity contribution < 1.29 is 0 Å². The molecule has 1 heteroatoms. The Kier molecular flexibility index (Phi) is 12.9. The average Bonchev–Trinajstić information content (AvgIpc) is 2.19. The van der Waals surface area contributed by atoms with Crippen molar-refractivity contribution in [2.24, 2.45) is 0 Å². The fourth-order valence-corrected chi connectivity index (χ4v) is 1.33. The van der Waals surface area contributed by atoms with Crippen molar-refractivity contribution in [3.05, 3.63) is 47.8 Å². The first-order valence-electron chi connectivity index (χ1n) is 4.47. The second-order valence-corrected chi connectivity index (χ2v) is 3.15. The van der Waals surface area contributed by atoms with E-state index in [1.54, 1.807) is 11.8 Å². The molecule has 0 heterocycles. The molecular weight excluding hydrogens is 176 g/mol. The van der Waals surface area contributed by atoms with E-state index >= 15 is 0 Å². The van der Waals surface area contributed by atoms with Gasteiger partial charge in [0.1, 0.15) is 0 Å². The van der Waals surface area contributed by atoms with Gasteiger partial charge in [0, 0.05) is 0 Å². The Bertz CT molecular complexity index is 175. The zero-order valence-electron chi connectivity index (χ0n) is 8.97. The van der Waals surface area contributed by atoms with Crippen molar-refractivity contribution in [2.75, 3.05) is 0 Å². The highest BCUT2D eigenvalue weighted by atomic mass is 32.2. The normalized spacial score (nSPS) is 10.4. The van der Waals surface area contributed by atoms with E-state index in [2.05, 4.69) is 19.7 Å². The topological polar surface area (TPSA) is 0 Å². The molecule has 0 aromatic carbocycles. The third-order valence-corrected chi connectivity index (χ3v) is 2.24. The summed E-state index contributed by atoms with van der Waals surface area (Å²) in [4.78, 5) is 1.27. The fourth-order valence-electron chi connectivity index (χ4n) is 0.648. The van der Waals surface area contributed by atoms with E-state index in [4.69, 9.17) is 0 Å². The van der Waals surface area contributed by atoms with Crippen LogP contribution in [0.25, 0.3) is 0 Å². The van der Waals surface area contributed by atoms with Crippen LogP contribution in [0.3, 0.4) is 0 Å². The maximum Gasteiger partial charge on any atom is -0.00339 e. The molecule has 0 nitrogen and oxygen atoms in total. The van der Waals surface area contributed by atoms with Crippen molar-refractivity contribution in [2.45, 2.75) is 27.2 Å². The molecule has 0 amide bonds. The summed E-state index contributed by atoms with van der Waals surface area (Å²) in [5, 5.41) is 1.83. The first-order valence-corrected chi connectivity index (χ1v) is 5.34. The molecule has 0 radical (unpaired) electrons. The molecule has 0 fully saturated rings. The third-order valence-electron chi connectivity index (χ3n) is 1.30. The molecule has 0 aliphatic carbocycles. The first-order chi connectivity index (χ1) is 6.26. The Labute approximate surface area is 87.1 Å². The zero-order chi connectivity index (χ0) is 10.7. The smallest absolute Gasteiger partial charge is 0.00339 e. The molecule has 0 aromatic heterocycles. The van der Waals surface area contributed by atoms with E-state index in [1.165, 1.54) is 10.5 Å². The summed E-state index contributed by atoms with van der Waals surface area (Å²) in [7, 11) is 0. The van der Waals surface area contributed by atoms with E-state index in [0.29, 0.717) is 0 Å². The van der Waals surface area contributed by atoms with Crippen LogP contribution in [0.2, 0.25) is 0 Å². The SMILES string of the molecule is C=CC/C(SC=C)=C(/C)C=C.CC.